The van der Waals surface area contributed by atoms with Gasteiger partial charge in [-0.05, 0) is 65.9 Å². The van der Waals surface area contributed by atoms with Gasteiger partial charge in [-0.25, -0.2) is 13.2 Å². The van der Waals surface area contributed by atoms with Gasteiger partial charge in [0.15, 0.2) is 0 Å². The highest BCUT2D eigenvalue weighted by molar-refractivity contribution is 14.1. The van der Waals surface area contributed by atoms with Crippen molar-refractivity contribution >= 4 is 50.3 Å². The topological polar surface area (TPSA) is 87.2 Å². The van der Waals surface area contributed by atoms with Gasteiger partial charge in [-0.1, -0.05) is 18.2 Å². The smallest absolute Gasteiger partial charge is 0.409 e. The van der Waals surface area contributed by atoms with E-state index >= 15 is 0 Å². The van der Waals surface area contributed by atoms with E-state index in [-0.39, 0.29) is 17.3 Å². The van der Waals surface area contributed by atoms with Crippen molar-refractivity contribution in [3.8, 4) is 0 Å². The number of hydrogen-bond acceptors (Lipinski definition) is 5. The minimum atomic E-state index is -3.93. The summed E-state index contributed by atoms with van der Waals surface area (Å²) in [5, 5.41) is 0. The Morgan fingerprint density at radius 3 is 2.13 bits per heavy atom. The maximum Gasteiger partial charge on any atom is 0.409 e. The van der Waals surface area contributed by atoms with Crippen LogP contribution >= 0.6 is 22.6 Å². The van der Waals surface area contributed by atoms with E-state index in [2.05, 4.69) is 22.6 Å². The molecule has 0 aliphatic carbocycles. The zero-order chi connectivity index (χ0) is 22.4. The maximum absolute atomic E-state index is 13.3. The van der Waals surface area contributed by atoms with Crippen LogP contribution in [0.4, 0.5) is 10.5 Å². The molecule has 31 heavy (non-hydrogen) atoms. The van der Waals surface area contributed by atoms with Crippen molar-refractivity contribution in [2.24, 2.45) is 0 Å². The summed E-state index contributed by atoms with van der Waals surface area (Å²) in [6, 6.07) is 15.0. The number of nitrogens with zero attached hydrogens (tertiary/aromatic N) is 3. The molecular weight excluding hydrogens is 533 g/mol. The van der Waals surface area contributed by atoms with Crippen LogP contribution in [-0.4, -0.2) is 69.5 Å². The van der Waals surface area contributed by atoms with Crippen LogP contribution < -0.4 is 4.31 Å². The Morgan fingerprint density at radius 2 is 1.55 bits per heavy atom. The summed E-state index contributed by atoms with van der Waals surface area (Å²) < 4.78 is 33.8. The third-order valence-corrected chi connectivity index (χ3v) is 7.39. The number of anilines is 1. The highest BCUT2D eigenvalue weighted by Gasteiger charge is 2.31. The van der Waals surface area contributed by atoms with Gasteiger partial charge in [-0.15, -0.1) is 0 Å². The summed E-state index contributed by atoms with van der Waals surface area (Å²) in [7, 11) is -3.93. The number of piperazine rings is 1. The Kier molecular flexibility index (Phi) is 7.76. The maximum atomic E-state index is 13.3. The molecule has 0 spiro atoms. The number of carbonyl (C=O) groups excluding carboxylic acids is 2. The van der Waals surface area contributed by atoms with Gasteiger partial charge in [0.1, 0.15) is 6.54 Å². The molecule has 1 heterocycles. The Morgan fingerprint density at radius 1 is 0.968 bits per heavy atom. The molecule has 0 radical (unpaired) electrons. The first kappa shape index (κ1) is 23.3. The van der Waals surface area contributed by atoms with Gasteiger partial charge < -0.3 is 14.5 Å². The molecular formula is C21H24IN3O5S. The van der Waals surface area contributed by atoms with Crippen LogP contribution in [-0.2, 0) is 19.6 Å². The molecule has 8 nitrogen and oxygen atoms in total. The van der Waals surface area contributed by atoms with Crippen molar-refractivity contribution < 1.29 is 22.7 Å². The van der Waals surface area contributed by atoms with Crippen LogP contribution in [0.1, 0.15) is 6.92 Å². The molecule has 0 bridgehead atoms. The molecule has 1 aliphatic rings. The van der Waals surface area contributed by atoms with Crippen molar-refractivity contribution in [2.45, 2.75) is 11.8 Å². The highest BCUT2D eigenvalue weighted by atomic mass is 127. The first-order valence-electron chi connectivity index (χ1n) is 9.85. The Hall–Kier alpha value is -2.34. The monoisotopic (exact) mass is 557 g/mol. The molecule has 2 aromatic rings. The summed E-state index contributed by atoms with van der Waals surface area (Å²) in [6.07, 6.45) is -0.401. The standard InChI is InChI=1S/C21H24IN3O5S/c1-2-30-21(27)24-14-12-23(13-15-24)20(26)16-25(18-10-8-17(22)9-11-18)31(28,29)19-6-4-3-5-7-19/h3-11H,2,12-16H2,1H3. The van der Waals surface area contributed by atoms with Crippen LogP contribution in [0.2, 0.25) is 0 Å². The van der Waals surface area contributed by atoms with Gasteiger partial charge in [0, 0.05) is 29.7 Å². The van der Waals surface area contributed by atoms with E-state index in [1.165, 1.54) is 12.1 Å². The van der Waals surface area contributed by atoms with E-state index in [0.717, 1.165) is 7.88 Å². The second-order valence-electron chi connectivity index (χ2n) is 6.87. The fourth-order valence-corrected chi connectivity index (χ4v) is 5.01. The summed E-state index contributed by atoms with van der Waals surface area (Å²) in [5.74, 6) is -0.318. The zero-order valence-corrected chi connectivity index (χ0v) is 20.1. The third-order valence-electron chi connectivity index (χ3n) is 4.88. The van der Waals surface area contributed by atoms with E-state index in [0.29, 0.717) is 38.5 Å². The quantitative estimate of drug-likeness (QED) is 0.510. The fourth-order valence-electron chi connectivity index (χ4n) is 3.22. The Bertz CT molecular complexity index is 1010. The SMILES string of the molecule is CCOC(=O)N1CCN(C(=O)CN(c2ccc(I)cc2)S(=O)(=O)c2ccccc2)CC1. The van der Waals surface area contributed by atoms with E-state index in [9.17, 15) is 18.0 Å². The van der Waals surface area contributed by atoms with Crippen molar-refractivity contribution in [1.29, 1.82) is 0 Å². The molecule has 0 aromatic heterocycles. The molecule has 0 unspecified atom stereocenters. The Balaban J connectivity index is 1.79. The largest absolute Gasteiger partial charge is 0.450 e. The summed E-state index contributed by atoms with van der Waals surface area (Å²) in [6.45, 7) is 3.05. The molecule has 1 fully saturated rings. The number of amides is 2. The van der Waals surface area contributed by atoms with Crippen molar-refractivity contribution in [2.75, 3.05) is 43.6 Å². The zero-order valence-electron chi connectivity index (χ0n) is 17.1. The first-order chi connectivity index (χ1) is 14.8. The van der Waals surface area contributed by atoms with E-state index < -0.39 is 16.1 Å². The van der Waals surface area contributed by atoms with Crippen LogP contribution in [0.25, 0.3) is 0 Å². The third kappa shape index (κ3) is 5.67. The fraction of sp³-hybridized carbons (Fsp3) is 0.333. The number of rotatable bonds is 6. The summed E-state index contributed by atoms with van der Waals surface area (Å²) in [5.41, 5.74) is 0.419. The van der Waals surface area contributed by atoms with Crippen LogP contribution in [0, 0.1) is 3.57 Å². The van der Waals surface area contributed by atoms with Crippen molar-refractivity contribution in [3.05, 3.63) is 58.2 Å². The second kappa shape index (κ2) is 10.3. The molecule has 10 heteroatoms. The first-order valence-corrected chi connectivity index (χ1v) is 12.4. The van der Waals surface area contributed by atoms with Crippen LogP contribution in [0.5, 0.6) is 0 Å². The molecule has 0 N–H and O–H groups in total. The predicted molar refractivity (Wildman–Crippen MR) is 125 cm³/mol. The average molecular weight is 557 g/mol. The lowest BCUT2D eigenvalue weighted by Gasteiger charge is -2.35. The number of carbonyl (C=O) groups is 2. The minimum Gasteiger partial charge on any atom is -0.450 e. The van der Waals surface area contributed by atoms with Gasteiger partial charge >= 0.3 is 6.09 Å². The number of halogens is 1. The van der Waals surface area contributed by atoms with Gasteiger partial charge in [0.05, 0.1) is 17.2 Å². The number of sulfonamides is 1. The van der Waals surface area contributed by atoms with Gasteiger partial charge in [-0.3, -0.25) is 9.10 Å². The minimum absolute atomic E-state index is 0.119. The van der Waals surface area contributed by atoms with E-state index in [1.54, 1.807) is 59.2 Å². The highest BCUT2D eigenvalue weighted by Crippen LogP contribution is 2.24. The van der Waals surface area contributed by atoms with Crippen molar-refractivity contribution in [1.82, 2.24) is 9.80 Å². The number of ether oxygens (including phenoxy) is 1. The molecule has 0 saturated carbocycles. The summed E-state index contributed by atoms with van der Waals surface area (Å²) in [4.78, 5) is 28.1. The summed E-state index contributed by atoms with van der Waals surface area (Å²) >= 11 is 2.14. The van der Waals surface area contributed by atoms with Gasteiger partial charge in [-0.2, -0.15) is 0 Å². The lowest BCUT2D eigenvalue weighted by atomic mass is 10.3. The molecule has 1 saturated heterocycles. The number of hydrogen-bond donors (Lipinski definition) is 0. The van der Waals surface area contributed by atoms with Crippen LogP contribution in [0.3, 0.4) is 0 Å². The predicted octanol–water partition coefficient (Wildman–Crippen LogP) is 2.79. The molecule has 166 valence electrons. The molecule has 2 amide bonds. The number of benzene rings is 2. The normalized spacial score (nSPS) is 14.3. The van der Waals surface area contributed by atoms with Gasteiger partial charge in [0.2, 0.25) is 5.91 Å². The molecule has 0 atom stereocenters. The molecule has 2 aromatic carbocycles. The lowest BCUT2D eigenvalue weighted by Crippen LogP contribution is -2.53. The van der Waals surface area contributed by atoms with E-state index in [4.69, 9.17) is 4.74 Å². The average Bonchev–Trinajstić information content (AvgIpc) is 2.79. The Labute approximate surface area is 196 Å². The van der Waals surface area contributed by atoms with Crippen LogP contribution in [0.15, 0.2) is 59.5 Å². The van der Waals surface area contributed by atoms with Crippen molar-refractivity contribution in [3.63, 3.8) is 0 Å². The van der Waals surface area contributed by atoms with Gasteiger partial charge in [0.25, 0.3) is 10.0 Å². The van der Waals surface area contributed by atoms with E-state index in [1.807, 2.05) is 0 Å². The lowest BCUT2D eigenvalue weighted by molar-refractivity contribution is -0.131. The molecule has 3 rings (SSSR count). The molecule has 1 aliphatic heterocycles. The second-order valence-corrected chi connectivity index (χ2v) is 9.98.